The van der Waals surface area contributed by atoms with Crippen molar-refractivity contribution in [1.82, 2.24) is 55.4 Å². The van der Waals surface area contributed by atoms with Crippen LogP contribution in [0.25, 0.3) is 16.1 Å². The number of carbonyl (C=O) groups is 3. The molecule has 0 unspecified atom stereocenters. The number of hydrogen-bond acceptors (Lipinski definition) is 16. The molecule has 5 aromatic rings. The van der Waals surface area contributed by atoms with Crippen LogP contribution in [-0.4, -0.2) is 152 Å². The Morgan fingerprint density at radius 3 is 2.43 bits per heavy atom. The summed E-state index contributed by atoms with van der Waals surface area (Å²) in [7, 11) is 0. The summed E-state index contributed by atoms with van der Waals surface area (Å²) in [5.74, 6) is 0.159. The van der Waals surface area contributed by atoms with Gasteiger partial charge in [0.15, 0.2) is 5.65 Å². The van der Waals surface area contributed by atoms with Crippen LogP contribution in [0, 0.1) is 12.3 Å². The minimum atomic E-state index is -0.968. The van der Waals surface area contributed by atoms with E-state index in [4.69, 9.17) is 23.9 Å². The summed E-state index contributed by atoms with van der Waals surface area (Å²) in [5, 5.41) is 36.5. The SMILES string of the molecule is CCC(CC)c1cc(N[C@H]2CC[C@H](NCCOCCOCCn3cc(COCCOCC(=O)N[C@H](C(=O)N4C[C@H](O)C[C@H]4C(=O)NCc4ccc(-c5scnc5C)cc4)C(C)(C)C)nn3)C2)n2nccc2n1. The van der Waals surface area contributed by atoms with Crippen LogP contribution in [0.1, 0.15) is 102 Å². The lowest BCUT2D eigenvalue weighted by atomic mass is 9.85. The first-order valence-corrected chi connectivity index (χ1v) is 26.3. The fourth-order valence-electron chi connectivity index (χ4n) is 9.23. The van der Waals surface area contributed by atoms with Crippen molar-refractivity contribution in [3.63, 3.8) is 0 Å². The van der Waals surface area contributed by atoms with Gasteiger partial charge in [0.25, 0.3) is 0 Å². The molecule has 0 spiro atoms. The third-order valence-electron chi connectivity index (χ3n) is 13.2. The van der Waals surface area contributed by atoms with Crippen molar-refractivity contribution >= 4 is 40.5 Å². The molecule has 5 N–H and O–H groups in total. The Morgan fingerprint density at radius 1 is 0.931 bits per heavy atom. The molecule has 72 heavy (non-hydrogen) atoms. The van der Waals surface area contributed by atoms with E-state index in [-0.39, 0.29) is 51.8 Å². The van der Waals surface area contributed by atoms with Gasteiger partial charge in [0, 0.05) is 61.9 Å². The van der Waals surface area contributed by atoms with Crippen molar-refractivity contribution in [2.24, 2.45) is 5.41 Å². The van der Waals surface area contributed by atoms with Gasteiger partial charge in [-0.15, -0.1) is 16.4 Å². The lowest BCUT2D eigenvalue weighted by molar-refractivity contribution is -0.144. The Hall–Kier alpha value is -5.42. The van der Waals surface area contributed by atoms with Gasteiger partial charge in [-0.2, -0.15) is 9.61 Å². The molecule has 0 bridgehead atoms. The molecule has 1 aliphatic carbocycles. The third-order valence-corrected chi connectivity index (χ3v) is 14.2. The average Bonchev–Trinajstić information content (AvgIpc) is 4.23. The van der Waals surface area contributed by atoms with E-state index in [0.717, 1.165) is 77.5 Å². The zero-order valence-corrected chi connectivity index (χ0v) is 43.5. The number of nitrogens with one attached hydrogen (secondary N) is 4. The maximum Gasteiger partial charge on any atom is 0.246 e. The zero-order chi connectivity index (χ0) is 51.0. The maximum atomic E-state index is 14.0. The topological polar surface area (TPSA) is 234 Å². The number of aryl methyl sites for hydroxylation is 1. The lowest BCUT2D eigenvalue weighted by Gasteiger charge is -2.35. The lowest BCUT2D eigenvalue weighted by Crippen LogP contribution is -2.58. The number of aliphatic hydroxyl groups excluding tert-OH is 1. The number of fused-ring (bicyclic) bond motifs is 1. The number of ether oxygens (including phenoxy) is 4. The Balaban J connectivity index is 0.713. The molecule has 20 nitrogen and oxygen atoms in total. The van der Waals surface area contributed by atoms with Gasteiger partial charge in [0.2, 0.25) is 17.7 Å². The number of rotatable bonds is 28. The summed E-state index contributed by atoms with van der Waals surface area (Å²) >= 11 is 1.57. The van der Waals surface area contributed by atoms with Gasteiger partial charge >= 0.3 is 0 Å². The molecule has 1 saturated heterocycles. The van der Waals surface area contributed by atoms with Gasteiger partial charge in [-0.3, -0.25) is 14.4 Å². The van der Waals surface area contributed by atoms with Gasteiger partial charge in [-0.05, 0) is 55.6 Å². The molecule has 2 fully saturated rings. The zero-order valence-electron chi connectivity index (χ0n) is 42.7. The summed E-state index contributed by atoms with van der Waals surface area (Å²) in [6, 6.07) is 11.0. The second kappa shape index (κ2) is 26.5. The van der Waals surface area contributed by atoms with Crippen LogP contribution in [0.5, 0.6) is 0 Å². The molecular formula is C51H74N12O8S. The summed E-state index contributed by atoms with van der Waals surface area (Å²) in [6.45, 7) is 15.8. The first-order valence-electron chi connectivity index (χ1n) is 25.4. The summed E-state index contributed by atoms with van der Waals surface area (Å²) < 4.78 is 26.4. The largest absolute Gasteiger partial charge is 0.391 e. The number of aliphatic hydroxyl groups is 1. The third kappa shape index (κ3) is 15.3. The van der Waals surface area contributed by atoms with Gasteiger partial charge in [-0.1, -0.05) is 64.1 Å². The molecule has 5 atom stereocenters. The highest BCUT2D eigenvalue weighted by Crippen LogP contribution is 2.30. The predicted molar refractivity (Wildman–Crippen MR) is 273 cm³/mol. The second-order valence-electron chi connectivity index (χ2n) is 19.7. The van der Waals surface area contributed by atoms with Crippen LogP contribution in [0.2, 0.25) is 0 Å². The van der Waals surface area contributed by atoms with Gasteiger partial charge in [-0.25, -0.2) is 14.6 Å². The summed E-state index contributed by atoms with van der Waals surface area (Å²) in [6.07, 6.45) is 8.20. The molecule has 1 saturated carbocycles. The molecular weight excluding hydrogens is 941 g/mol. The van der Waals surface area contributed by atoms with Crippen molar-refractivity contribution < 1.29 is 38.4 Å². The first kappa shape index (κ1) is 54.4. The maximum absolute atomic E-state index is 14.0. The molecule has 0 radical (unpaired) electrons. The van der Waals surface area contributed by atoms with Crippen molar-refractivity contribution in [3.8, 4) is 10.4 Å². The van der Waals surface area contributed by atoms with Crippen LogP contribution in [0.3, 0.4) is 0 Å². The van der Waals surface area contributed by atoms with Gasteiger partial charge in [0.05, 0.1) is 87.4 Å². The van der Waals surface area contributed by atoms with E-state index in [1.54, 1.807) is 22.2 Å². The van der Waals surface area contributed by atoms with E-state index in [9.17, 15) is 19.5 Å². The van der Waals surface area contributed by atoms with E-state index < -0.39 is 35.4 Å². The molecule has 5 heterocycles. The Labute approximate surface area is 426 Å². The number of thiazole rings is 1. The number of likely N-dealkylation sites (tertiary alicyclic amines) is 1. The van der Waals surface area contributed by atoms with E-state index in [2.05, 4.69) is 61.6 Å². The normalized spacial score (nSPS) is 18.6. The van der Waals surface area contributed by atoms with E-state index in [1.165, 1.54) is 4.90 Å². The Kier molecular flexibility index (Phi) is 20.0. The quantitative estimate of drug-likeness (QED) is 0.0429. The molecule has 3 amide bonds. The number of carbonyl (C=O) groups excluding carboxylic acids is 3. The Morgan fingerprint density at radius 2 is 1.68 bits per heavy atom. The number of nitrogens with zero attached hydrogens (tertiary/aromatic N) is 8. The van der Waals surface area contributed by atoms with Crippen molar-refractivity contribution in [1.29, 1.82) is 0 Å². The highest BCUT2D eigenvalue weighted by Gasteiger charge is 2.44. The van der Waals surface area contributed by atoms with Gasteiger partial charge in [0.1, 0.15) is 30.2 Å². The molecule has 1 aromatic carbocycles. The van der Waals surface area contributed by atoms with Crippen LogP contribution in [0.4, 0.5) is 5.82 Å². The Bertz CT molecular complexity index is 2490. The standard InChI is InChI=1S/C51H74N12O8S/c1-7-36(8-2)42-27-45(63-44(57-42)15-16-55-63)56-39-14-13-38(25-39)52-17-19-68-21-22-69-20-18-61-29-40(59-60-61)31-70-23-24-71-32-46(65)58-48(51(4,5)6)50(67)62-30-41(64)26-43(62)49(66)53-28-35-9-11-37(12-10-35)47-34(3)54-33-72-47/h9-12,15-16,27,29,33,36,38-39,41,43,48,52,56,64H,7-8,13-14,17-26,28,30-32H2,1-6H3,(H,53,66)(H,58,65)/t38-,39-,41+,43-,48+/m0/s1. The highest BCUT2D eigenvalue weighted by molar-refractivity contribution is 7.13. The molecule has 7 rings (SSSR count). The van der Waals surface area contributed by atoms with E-state index >= 15 is 0 Å². The van der Waals surface area contributed by atoms with Crippen LogP contribution >= 0.6 is 11.3 Å². The minimum Gasteiger partial charge on any atom is -0.391 e. The number of hydrogen-bond donors (Lipinski definition) is 5. The van der Waals surface area contributed by atoms with Crippen molar-refractivity contribution in [2.45, 2.75) is 136 Å². The van der Waals surface area contributed by atoms with Gasteiger partial charge < -0.3 is 50.2 Å². The van der Waals surface area contributed by atoms with E-state index in [1.807, 2.05) is 74.2 Å². The number of anilines is 1. The number of amides is 3. The number of β-amino-alcohol motifs (C(OH)–C–C–N with tert-alkyl or cyclic N) is 1. The molecule has 2 aliphatic rings. The fraction of sp³-hybridized carbons (Fsp3) is 0.608. The minimum absolute atomic E-state index is 0.0157. The van der Waals surface area contributed by atoms with Crippen molar-refractivity contribution in [2.75, 3.05) is 64.7 Å². The van der Waals surface area contributed by atoms with Crippen LogP contribution in [-0.2, 0) is 53.0 Å². The summed E-state index contributed by atoms with van der Waals surface area (Å²) in [5.41, 5.74) is 6.69. The fourth-order valence-corrected chi connectivity index (χ4v) is 10.0. The smallest absolute Gasteiger partial charge is 0.246 e. The number of benzene rings is 1. The van der Waals surface area contributed by atoms with Crippen LogP contribution < -0.4 is 21.3 Å². The number of aromatic nitrogens is 7. The average molecular weight is 1020 g/mol. The highest BCUT2D eigenvalue weighted by atomic mass is 32.1. The predicted octanol–water partition coefficient (Wildman–Crippen LogP) is 4.65. The van der Waals surface area contributed by atoms with Crippen LogP contribution in [0.15, 0.2) is 54.3 Å². The molecule has 21 heteroatoms. The molecule has 392 valence electrons. The first-order chi connectivity index (χ1) is 34.8. The molecule has 1 aliphatic heterocycles. The molecule has 4 aromatic heterocycles. The van der Waals surface area contributed by atoms with Crippen molar-refractivity contribution in [3.05, 3.63) is 76.9 Å². The monoisotopic (exact) mass is 1010 g/mol. The van der Waals surface area contributed by atoms with E-state index in [0.29, 0.717) is 56.7 Å². The summed E-state index contributed by atoms with van der Waals surface area (Å²) in [4.78, 5) is 52.1. The second-order valence-corrected chi connectivity index (χ2v) is 20.6.